The summed E-state index contributed by atoms with van der Waals surface area (Å²) in [5.41, 5.74) is 2.46. The lowest BCUT2D eigenvalue weighted by molar-refractivity contribution is 0.0398. The molecule has 0 amide bonds. The highest BCUT2D eigenvalue weighted by molar-refractivity contribution is 7.08. The third-order valence-electron chi connectivity index (χ3n) is 4.79. The Labute approximate surface area is 177 Å². The monoisotopic (exact) mass is 423 g/mol. The maximum absolute atomic E-state index is 5.42. The van der Waals surface area contributed by atoms with Gasteiger partial charge >= 0.3 is 0 Å². The molecular formula is C19H21N9OS. The van der Waals surface area contributed by atoms with Gasteiger partial charge < -0.3 is 10.1 Å². The summed E-state index contributed by atoms with van der Waals surface area (Å²) < 4.78 is 7.37. The lowest BCUT2D eigenvalue weighted by Gasteiger charge is -2.26. The number of aromatic nitrogens is 6. The summed E-state index contributed by atoms with van der Waals surface area (Å²) in [5.74, 6) is 1.54. The Balaban J connectivity index is 1.44. The molecule has 1 fully saturated rings. The van der Waals surface area contributed by atoms with Crippen molar-refractivity contribution in [2.45, 2.75) is 0 Å². The molecule has 0 aromatic carbocycles. The number of rotatable bonds is 7. The lowest BCUT2D eigenvalue weighted by atomic mass is 10.4. The molecule has 4 aromatic rings. The van der Waals surface area contributed by atoms with Gasteiger partial charge in [-0.15, -0.1) is 0 Å². The van der Waals surface area contributed by atoms with Gasteiger partial charge in [0.25, 0.3) is 0 Å². The quantitative estimate of drug-likeness (QED) is 0.462. The van der Waals surface area contributed by atoms with Crippen LogP contribution >= 0.6 is 11.3 Å². The number of anilines is 3. The molecule has 1 aliphatic rings. The van der Waals surface area contributed by atoms with Gasteiger partial charge in [-0.2, -0.15) is 21.3 Å². The Bertz CT molecular complexity index is 1090. The number of hydrogen-bond donors (Lipinski definition) is 2. The molecular weight excluding hydrogens is 402 g/mol. The van der Waals surface area contributed by atoms with Crippen molar-refractivity contribution in [2.24, 2.45) is 0 Å². The van der Waals surface area contributed by atoms with E-state index in [2.05, 4.69) is 45.8 Å². The average Bonchev–Trinajstić information content (AvgIpc) is 3.45. The molecule has 1 aliphatic heterocycles. The summed E-state index contributed by atoms with van der Waals surface area (Å²) in [4.78, 5) is 24.7. The SMILES string of the molecule is c1cnc(Nc2nc(NCCN3CCOCC3)c3ncn(-c4ccsc4)c3n2)nc1. The van der Waals surface area contributed by atoms with Crippen molar-refractivity contribution in [3.05, 3.63) is 41.6 Å². The Morgan fingerprint density at radius 1 is 1.07 bits per heavy atom. The van der Waals surface area contributed by atoms with Gasteiger partial charge in [0.1, 0.15) is 6.33 Å². The molecule has 0 spiro atoms. The molecule has 0 aliphatic carbocycles. The lowest BCUT2D eigenvalue weighted by Crippen LogP contribution is -2.39. The summed E-state index contributed by atoms with van der Waals surface area (Å²) in [6.45, 7) is 5.13. The second-order valence-corrected chi connectivity index (χ2v) is 7.52. The van der Waals surface area contributed by atoms with Crippen LogP contribution in [0.3, 0.4) is 0 Å². The van der Waals surface area contributed by atoms with Crippen molar-refractivity contribution >= 4 is 40.2 Å². The van der Waals surface area contributed by atoms with Crippen molar-refractivity contribution in [3.8, 4) is 5.69 Å². The molecule has 5 heterocycles. The third-order valence-corrected chi connectivity index (χ3v) is 5.46. The molecule has 4 aromatic heterocycles. The van der Waals surface area contributed by atoms with Gasteiger partial charge in [-0.1, -0.05) is 0 Å². The number of fused-ring (bicyclic) bond motifs is 1. The second-order valence-electron chi connectivity index (χ2n) is 6.74. The van der Waals surface area contributed by atoms with E-state index >= 15 is 0 Å². The van der Waals surface area contributed by atoms with Crippen molar-refractivity contribution in [2.75, 3.05) is 50.0 Å². The van der Waals surface area contributed by atoms with Gasteiger partial charge in [0.2, 0.25) is 11.9 Å². The number of nitrogens with zero attached hydrogens (tertiary/aromatic N) is 7. The molecule has 154 valence electrons. The van der Waals surface area contributed by atoms with Gasteiger partial charge in [-0.25, -0.2) is 15.0 Å². The van der Waals surface area contributed by atoms with Crippen LogP contribution in [-0.4, -0.2) is 73.8 Å². The molecule has 0 unspecified atom stereocenters. The van der Waals surface area contributed by atoms with Crippen LogP contribution in [-0.2, 0) is 4.74 Å². The highest BCUT2D eigenvalue weighted by atomic mass is 32.1. The summed E-state index contributed by atoms with van der Waals surface area (Å²) >= 11 is 1.63. The average molecular weight is 424 g/mol. The molecule has 5 rings (SSSR count). The van der Waals surface area contributed by atoms with Gasteiger partial charge in [0.05, 0.1) is 18.9 Å². The van der Waals surface area contributed by atoms with E-state index in [-0.39, 0.29) is 0 Å². The first-order valence-electron chi connectivity index (χ1n) is 9.72. The highest BCUT2D eigenvalue weighted by Crippen LogP contribution is 2.25. The smallest absolute Gasteiger partial charge is 0.233 e. The van der Waals surface area contributed by atoms with Gasteiger partial charge in [0.15, 0.2) is 17.0 Å². The minimum atomic E-state index is 0.416. The molecule has 2 N–H and O–H groups in total. The topological polar surface area (TPSA) is 106 Å². The normalized spacial score (nSPS) is 14.8. The minimum Gasteiger partial charge on any atom is -0.379 e. The van der Waals surface area contributed by atoms with E-state index in [0.717, 1.165) is 56.2 Å². The number of thiophene rings is 1. The van der Waals surface area contributed by atoms with E-state index < -0.39 is 0 Å². The molecule has 0 saturated carbocycles. The van der Waals surface area contributed by atoms with E-state index in [0.29, 0.717) is 17.7 Å². The van der Waals surface area contributed by atoms with E-state index in [1.165, 1.54) is 0 Å². The van der Waals surface area contributed by atoms with Crippen LogP contribution < -0.4 is 10.6 Å². The zero-order valence-corrected chi connectivity index (χ0v) is 17.0. The second kappa shape index (κ2) is 8.69. The van der Waals surface area contributed by atoms with E-state index in [9.17, 15) is 0 Å². The first kappa shape index (κ1) is 18.9. The van der Waals surface area contributed by atoms with Crippen LogP contribution in [0.15, 0.2) is 41.6 Å². The predicted octanol–water partition coefficient (Wildman–Crippen LogP) is 2.15. The van der Waals surface area contributed by atoms with Crippen LogP contribution in [0.1, 0.15) is 0 Å². The van der Waals surface area contributed by atoms with E-state index in [1.807, 2.05) is 16.0 Å². The van der Waals surface area contributed by atoms with Crippen molar-refractivity contribution in [1.29, 1.82) is 0 Å². The first-order chi connectivity index (χ1) is 14.9. The Morgan fingerprint density at radius 3 is 2.73 bits per heavy atom. The Kier molecular flexibility index (Phi) is 5.46. The fraction of sp³-hybridized carbons (Fsp3) is 0.316. The first-order valence-corrected chi connectivity index (χ1v) is 10.7. The van der Waals surface area contributed by atoms with E-state index in [4.69, 9.17) is 4.74 Å². The summed E-state index contributed by atoms with van der Waals surface area (Å²) in [7, 11) is 0. The fourth-order valence-electron chi connectivity index (χ4n) is 3.28. The van der Waals surface area contributed by atoms with Gasteiger partial charge in [0, 0.05) is 44.0 Å². The summed E-state index contributed by atoms with van der Waals surface area (Å²) in [6, 6.07) is 3.80. The number of morpholine rings is 1. The van der Waals surface area contributed by atoms with Crippen LogP contribution in [0.5, 0.6) is 0 Å². The molecule has 30 heavy (non-hydrogen) atoms. The number of hydrogen-bond acceptors (Lipinski definition) is 10. The number of nitrogens with one attached hydrogen (secondary N) is 2. The Hall–Kier alpha value is -3.15. The van der Waals surface area contributed by atoms with Crippen LogP contribution in [0.4, 0.5) is 17.7 Å². The van der Waals surface area contributed by atoms with Crippen LogP contribution in [0, 0.1) is 0 Å². The molecule has 0 bridgehead atoms. The zero-order chi connectivity index (χ0) is 20.2. The fourth-order valence-corrected chi connectivity index (χ4v) is 3.91. The number of ether oxygens (including phenoxy) is 1. The van der Waals surface area contributed by atoms with E-state index in [1.54, 1.807) is 36.1 Å². The summed E-state index contributed by atoms with van der Waals surface area (Å²) in [5, 5.41) is 10.6. The minimum absolute atomic E-state index is 0.416. The highest BCUT2D eigenvalue weighted by Gasteiger charge is 2.16. The molecule has 1 saturated heterocycles. The predicted molar refractivity (Wildman–Crippen MR) is 116 cm³/mol. The van der Waals surface area contributed by atoms with Crippen LogP contribution in [0.2, 0.25) is 0 Å². The maximum atomic E-state index is 5.42. The standard InChI is InChI=1S/C19H21N9OS/c1-3-21-18(22-4-1)26-19-24-16(20-5-6-27-7-9-29-10-8-27)15-17(25-19)28(13-23-15)14-2-11-30-12-14/h1-4,11-13H,5-10H2,(H2,20,21,22,24,25,26). The summed E-state index contributed by atoms with van der Waals surface area (Å²) in [6.07, 6.45) is 5.12. The molecule has 0 radical (unpaired) electrons. The van der Waals surface area contributed by atoms with Crippen molar-refractivity contribution in [3.63, 3.8) is 0 Å². The van der Waals surface area contributed by atoms with Gasteiger partial charge in [-0.3, -0.25) is 14.8 Å². The molecule has 0 atom stereocenters. The van der Waals surface area contributed by atoms with Crippen LogP contribution in [0.25, 0.3) is 16.9 Å². The Morgan fingerprint density at radius 2 is 1.93 bits per heavy atom. The van der Waals surface area contributed by atoms with Crippen molar-refractivity contribution in [1.82, 2.24) is 34.4 Å². The molecule has 11 heteroatoms. The van der Waals surface area contributed by atoms with Gasteiger partial charge in [-0.05, 0) is 17.5 Å². The molecule has 10 nitrogen and oxygen atoms in total. The maximum Gasteiger partial charge on any atom is 0.233 e. The largest absolute Gasteiger partial charge is 0.379 e. The third kappa shape index (κ3) is 4.08. The van der Waals surface area contributed by atoms with Crippen molar-refractivity contribution < 1.29 is 4.74 Å². The zero-order valence-electron chi connectivity index (χ0n) is 16.2. The number of imidazole rings is 1.